The lowest BCUT2D eigenvalue weighted by molar-refractivity contribution is 0.0733. The Morgan fingerprint density at radius 1 is 1.07 bits per heavy atom. The number of benzene rings is 2. The van der Waals surface area contributed by atoms with Crippen LogP contribution in [0.3, 0.4) is 0 Å². The lowest BCUT2D eigenvalue weighted by Gasteiger charge is -2.26. The second kappa shape index (κ2) is 7.91. The van der Waals surface area contributed by atoms with Gasteiger partial charge in [0, 0.05) is 13.1 Å². The van der Waals surface area contributed by atoms with Crippen LogP contribution < -0.4 is 4.74 Å². The molecule has 0 spiro atoms. The number of carbonyl (C=O) groups excluding carboxylic acids is 1. The molecule has 0 radical (unpaired) electrons. The SMILES string of the molecule is Cc1ccc(S(=O)(=O)N2CCCCC2)cc1C(=O)Oc1ccc(C#N)cc1. The maximum absolute atomic E-state index is 12.8. The smallest absolute Gasteiger partial charge is 0.343 e. The average Bonchev–Trinajstić information content (AvgIpc) is 2.69. The maximum Gasteiger partial charge on any atom is 0.343 e. The zero-order valence-corrected chi connectivity index (χ0v) is 15.8. The monoisotopic (exact) mass is 384 g/mol. The van der Waals surface area contributed by atoms with Gasteiger partial charge in [0.2, 0.25) is 10.0 Å². The van der Waals surface area contributed by atoms with Crippen molar-refractivity contribution in [2.24, 2.45) is 0 Å². The molecule has 1 aliphatic rings. The van der Waals surface area contributed by atoms with Gasteiger partial charge in [-0.25, -0.2) is 13.2 Å². The van der Waals surface area contributed by atoms with Crippen molar-refractivity contribution in [1.29, 1.82) is 5.26 Å². The van der Waals surface area contributed by atoms with Crippen LogP contribution in [-0.2, 0) is 10.0 Å². The number of carbonyl (C=O) groups is 1. The lowest BCUT2D eigenvalue weighted by Crippen LogP contribution is -2.35. The number of esters is 1. The summed E-state index contributed by atoms with van der Waals surface area (Å²) in [5.41, 5.74) is 1.30. The predicted molar refractivity (Wildman–Crippen MR) is 99.9 cm³/mol. The molecule has 6 nitrogen and oxygen atoms in total. The highest BCUT2D eigenvalue weighted by atomic mass is 32.2. The number of ether oxygens (including phenoxy) is 1. The third kappa shape index (κ3) is 4.18. The third-order valence-electron chi connectivity index (χ3n) is 4.58. The number of hydrogen-bond acceptors (Lipinski definition) is 5. The van der Waals surface area contributed by atoms with E-state index in [4.69, 9.17) is 10.00 Å². The van der Waals surface area contributed by atoms with E-state index in [2.05, 4.69) is 0 Å². The predicted octanol–water partition coefficient (Wildman–Crippen LogP) is 3.26. The largest absolute Gasteiger partial charge is 0.423 e. The number of rotatable bonds is 4. The number of aryl methyl sites for hydroxylation is 1. The summed E-state index contributed by atoms with van der Waals surface area (Å²) >= 11 is 0. The zero-order valence-electron chi connectivity index (χ0n) is 15.0. The van der Waals surface area contributed by atoms with E-state index in [1.54, 1.807) is 25.1 Å². The minimum Gasteiger partial charge on any atom is -0.423 e. The number of piperidine rings is 1. The summed E-state index contributed by atoms with van der Waals surface area (Å²) in [5.74, 6) is -0.337. The number of nitrogens with zero attached hydrogens (tertiary/aromatic N) is 2. The van der Waals surface area contributed by atoms with Crippen LogP contribution in [0.4, 0.5) is 0 Å². The van der Waals surface area contributed by atoms with Crippen LogP contribution >= 0.6 is 0 Å². The van der Waals surface area contributed by atoms with Crippen molar-refractivity contribution in [3.63, 3.8) is 0 Å². The maximum atomic E-state index is 12.8. The van der Waals surface area contributed by atoms with Crippen molar-refractivity contribution in [3.05, 3.63) is 59.2 Å². The van der Waals surface area contributed by atoms with Crippen LogP contribution in [0.2, 0.25) is 0 Å². The van der Waals surface area contributed by atoms with Crippen molar-refractivity contribution < 1.29 is 17.9 Å². The highest BCUT2D eigenvalue weighted by Crippen LogP contribution is 2.24. The molecule has 1 heterocycles. The van der Waals surface area contributed by atoms with Crippen LogP contribution in [0, 0.1) is 18.3 Å². The topological polar surface area (TPSA) is 87.5 Å². The van der Waals surface area contributed by atoms with Crippen LogP contribution in [-0.4, -0.2) is 31.8 Å². The molecule has 1 aliphatic heterocycles. The second-order valence-electron chi connectivity index (χ2n) is 6.47. The van der Waals surface area contributed by atoms with Gasteiger partial charge in [-0.15, -0.1) is 0 Å². The van der Waals surface area contributed by atoms with Gasteiger partial charge < -0.3 is 4.74 Å². The van der Waals surface area contributed by atoms with E-state index >= 15 is 0 Å². The summed E-state index contributed by atoms with van der Waals surface area (Å²) < 4.78 is 32.5. The van der Waals surface area contributed by atoms with E-state index in [9.17, 15) is 13.2 Å². The highest BCUT2D eigenvalue weighted by Gasteiger charge is 2.27. The molecule has 140 valence electrons. The van der Waals surface area contributed by atoms with Crippen molar-refractivity contribution in [2.45, 2.75) is 31.1 Å². The van der Waals surface area contributed by atoms with E-state index < -0.39 is 16.0 Å². The molecular weight excluding hydrogens is 364 g/mol. The molecule has 1 saturated heterocycles. The number of sulfonamides is 1. The molecule has 0 N–H and O–H groups in total. The van der Waals surface area contributed by atoms with Crippen LogP contribution in [0.5, 0.6) is 5.75 Å². The molecule has 0 bridgehead atoms. The first kappa shape index (κ1) is 19.1. The molecule has 0 aromatic heterocycles. The fourth-order valence-electron chi connectivity index (χ4n) is 3.00. The Morgan fingerprint density at radius 3 is 2.37 bits per heavy atom. The van der Waals surface area contributed by atoms with Crippen molar-refractivity contribution in [1.82, 2.24) is 4.31 Å². The molecule has 3 rings (SSSR count). The first-order chi connectivity index (χ1) is 12.9. The molecule has 1 fully saturated rings. The average molecular weight is 384 g/mol. The standard InChI is InChI=1S/C20H20N2O4S/c1-15-5-10-18(27(24,25)22-11-3-2-4-12-22)13-19(15)20(23)26-17-8-6-16(14-21)7-9-17/h5-10,13H,2-4,11-12H2,1H3. The Kier molecular flexibility index (Phi) is 5.59. The molecule has 0 saturated carbocycles. The summed E-state index contributed by atoms with van der Waals surface area (Å²) in [7, 11) is -3.63. The van der Waals surface area contributed by atoms with Crippen molar-refractivity contribution >= 4 is 16.0 Å². The van der Waals surface area contributed by atoms with Crippen LogP contribution in [0.25, 0.3) is 0 Å². The van der Waals surface area contributed by atoms with E-state index in [0.29, 0.717) is 30.0 Å². The lowest BCUT2D eigenvalue weighted by atomic mass is 10.1. The molecule has 0 unspecified atom stereocenters. The van der Waals surface area contributed by atoms with Crippen LogP contribution in [0.15, 0.2) is 47.4 Å². The molecule has 0 amide bonds. The van der Waals surface area contributed by atoms with Crippen molar-refractivity contribution in [2.75, 3.05) is 13.1 Å². The second-order valence-corrected chi connectivity index (χ2v) is 8.41. The Balaban J connectivity index is 1.86. The first-order valence-electron chi connectivity index (χ1n) is 8.75. The summed E-state index contributed by atoms with van der Waals surface area (Å²) in [6, 6.07) is 12.7. The van der Waals surface area contributed by atoms with Gasteiger partial charge in [0.1, 0.15) is 5.75 Å². The van der Waals surface area contributed by atoms with Gasteiger partial charge in [0.25, 0.3) is 0 Å². The molecule has 0 aliphatic carbocycles. The zero-order chi connectivity index (χ0) is 19.4. The van der Waals surface area contributed by atoms with Gasteiger partial charge in [0.05, 0.1) is 22.1 Å². The number of nitriles is 1. The molecular formula is C20H20N2O4S. The normalized spacial score (nSPS) is 15.1. The van der Waals surface area contributed by atoms with Gasteiger partial charge in [-0.05, 0) is 61.7 Å². The minimum atomic E-state index is -3.63. The molecule has 2 aromatic rings. The Labute approximate surface area is 159 Å². The van der Waals surface area contributed by atoms with Gasteiger partial charge in [-0.2, -0.15) is 9.57 Å². The van der Waals surface area contributed by atoms with Gasteiger partial charge in [-0.1, -0.05) is 12.5 Å². The fourth-order valence-corrected chi connectivity index (χ4v) is 4.54. The number of hydrogen-bond donors (Lipinski definition) is 0. The summed E-state index contributed by atoms with van der Waals surface area (Å²) in [4.78, 5) is 12.6. The first-order valence-corrected chi connectivity index (χ1v) is 10.2. The molecule has 27 heavy (non-hydrogen) atoms. The molecule has 2 aromatic carbocycles. The summed E-state index contributed by atoms with van der Waals surface area (Å²) in [6.07, 6.45) is 2.72. The van der Waals surface area contributed by atoms with E-state index in [1.165, 1.54) is 28.6 Å². The van der Waals surface area contributed by atoms with E-state index in [-0.39, 0.29) is 10.5 Å². The summed E-state index contributed by atoms with van der Waals surface area (Å²) in [5, 5.41) is 8.82. The fraction of sp³-hybridized carbons (Fsp3) is 0.300. The van der Waals surface area contributed by atoms with E-state index in [0.717, 1.165) is 19.3 Å². The quantitative estimate of drug-likeness (QED) is 0.596. The Morgan fingerprint density at radius 2 is 1.74 bits per heavy atom. The van der Waals surface area contributed by atoms with Gasteiger partial charge >= 0.3 is 5.97 Å². The molecule has 7 heteroatoms. The summed E-state index contributed by atoms with van der Waals surface area (Å²) in [6.45, 7) is 2.73. The molecule has 0 atom stereocenters. The van der Waals surface area contributed by atoms with Crippen LogP contribution in [0.1, 0.15) is 40.7 Å². The Bertz CT molecular complexity index is 986. The van der Waals surface area contributed by atoms with Gasteiger partial charge in [-0.3, -0.25) is 0 Å². The van der Waals surface area contributed by atoms with Crippen molar-refractivity contribution in [3.8, 4) is 11.8 Å². The van der Waals surface area contributed by atoms with E-state index in [1.807, 2.05) is 6.07 Å². The highest BCUT2D eigenvalue weighted by molar-refractivity contribution is 7.89. The third-order valence-corrected chi connectivity index (χ3v) is 6.47. The van der Waals surface area contributed by atoms with Gasteiger partial charge in [0.15, 0.2) is 0 Å². The Hall–Kier alpha value is -2.69. The minimum absolute atomic E-state index is 0.0989.